The molecule has 0 aliphatic carbocycles. The fourth-order valence-electron chi connectivity index (χ4n) is 1.97. The van der Waals surface area contributed by atoms with E-state index in [-0.39, 0.29) is 25.0 Å². The molecule has 1 N–H and O–H groups in total. The Morgan fingerprint density at radius 2 is 2.23 bits per heavy atom. The maximum atomic E-state index is 12.1. The van der Waals surface area contributed by atoms with E-state index in [0.717, 1.165) is 4.47 Å². The Morgan fingerprint density at radius 3 is 3.00 bits per heavy atom. The van der Waals surface area contributed by atoms with Crippen LogP contribution in [-0.4, -0.2) is 34.9 Å². The van der Waals surface area contributed by atoms with Gasteiger partial charge in [0.15, 0.2) is 18.2 Å². The SMILES string of the molecule is O=C(CN1C(=O)COc2cccnc21)Nc1ccc(Br)cn1. The number of carbonyl (C=O) groups is 2. The van der Waals surface area contributed by atoms with Gasteiger partial charge in [-0.25, -0.2) is 9.97 Å². The second-order valence-corrected chi connectivity index (χ2v) is 5.42. The highest BCUT2D eigenvalue weighted by molar-refractivity contribution is 9.10. The highest BCUT2D eigenvalue weighted by Gasteiger charge is 2.28. The number of nitrogens with one attached hydrogen (secondary N) is 1. The van der Waals surface area contributed by atoms with Crippen LogP contribution in [0.4, 0.5) is 11.6 Å². The number of rotatable bonds is 3. The van der Waals surface area contributed by atoms with E-state index in [1.807, 2.05) is 0 Å². The number of hydrogen-bond acceptors (Lipinski definition) is 5. The van der Waals surface area contributed by atoms with Crippen LogP contribution in [-0.2, 0) is 9.59 Å². The number of halogens is 1. The molecular weight excluding hydrogens is 352 g/mol. The standard InChI is InChI=1S/C14H11BrN4O3/c15-9-3-4-11(17-6-9)18-12(20)7-19-13(21)8-22-10-2-1-5-16-14(10)19/h1-6H,7-8H2,(H,17,18,20). The largest absolute Gasteiger partial charge is 0.480 e. The Morgan fingerprint density at radius 1 is 1.36 bits per heavy atom. The Kier molecular flexibility index (Phi) is 4.01. The third-order valence-electron chi connectivity index (χ3n) is 2.96. The molecule has 0 aromatic carbocycles. The molecule has 8 heteroatoms. The number of carbonyl (C=O) groups excluding carboxylic acids is 2. The van der Waals surface area contributed by atoms with Crippen LogP contribution in [0.25, 0.3) is 0 Å². The second kappa shape index (κ2) is 6.10. The van der Waals surface area contributed by atoms with Gasteiger partial charge in [0.25, 0.3) is 5.91 Å². The highest BCUT2D eigenvalue weighted by Crippen LogP contribution is 2.28. The summed E-state index contributed by atoms with van der Waals surface area (Å²) < 4.78 is 6.09. The quantitative estimate of drug-likeness (QED) is 0.896. The van der Waals surface area contributed by atoms with Crippen LogP contribution in [0.2, 0.25) is 0 Å². The molecule has 0 unspecified atom stereocenters. The predicted molar refractivity (Wildman–Crippen MR) is 82.7 cm³/mol. The van der Waals surface area contributed by atoms with E-state index in [1.165, 1.54) is 4.90 Å². The molecule has 2 aromatic rings. The predicted octanol–water partition coefficient (Wildman–Crippen LogP) is 1.60. The van der Waals surface area contributed by atoms with Crippen LogP contribution >= 0.6 is 15.9 Å². The molecule has 22 heavy (non-hydrogen) atoms. The first-order valence-corrected chi connectivity index (χ1v) is 7.22. The van der Waals surface area contributed by atoms with E-state index in [2.05, 4.69) is 31.2 Å². The van der Waals surface area contributed by atoms with Crippen molar-refractivity contribution in [2.24, 2.45) is 0 Å². The summed E-state index contributed by atoms with van der Waals surface area (Å²) in [5, 5.41) is 2.63. The Hall–Kier alpha value is -2.48. The van der Waals surface area contributed by atoms with Crippen LogP contribution in [0, 0.1) is 0 Å². The molecule has 0 saturated carbocycles. The summed E-state index contributed by atoms with van der Waals surface area (Å²) in [6, 6.07) is 6.84. The van der Waals surface area contributed by atoms with Crippen LogP contribution in [0.15, 0.2) is 41.1 Å². The van der Waals surface area contributed by atoms with Crippen LogP contribution in [0.5, 0.6) is 5.75 Å². The van der Waals surface area contributed by atoms with Gasteiger partial charge in [-0.3, -0.25) is 14.5 Å². The van der Waals surface area contributed by atoms with Gasteiger partial charge < -0.3 is 10.1 Å². The number of aromatic nitrogens is 2. The van der Waals surface area contributed by atoms with Gasteiger partial charge in [-0.2, -0.15) is 0 Å². The lowest BCUT2D eigenvalue weighted by Crippen LogP contribution is -2.44. The van der Waals surface area contributed by atoms with Gasteiger partial charge in [0, 0.05) is 16.9 Å². The summed E-state index contributed by atoms with van der Waals surface area (Å²) in [6.45, 7) is -0.257. The lowest BCUT2D eigenvalue weighted by molar-refractivity contribution is -0.123. The molecule has 0 radical (unpaired) electrons. The average Bonchev–Trinajstić information content (AvgIpc) is 2.52. The summed E-state index contributed by atoms with van der Waals surface area (Å²) in [5.41, 5.74) is 0. The highest BCUT2D eigenvalue weighted by atomic mass is 79.9. The van der Waals surface area contributed by atoms with Crippen LogP contribution in [0.3, 0.4) is 0 Å². The topological polar surface area (TPSA) is 84.4 Å². The molecule has 2 aromatic heterocycles. The van der Waals surface area contributed by atoms with E-state index in [1.54, 1.807) is 36.7 Å². The van der Waals surface area contributed by atoms with E-state index >= 15 is 0 Å². The first kappa shape index (κ1) is 14.5. The van der Waals surface area contributed by atoms with E-state index in [4.69, 9.17) is 4.74 Å². The van der Waals surface area contributed by atoms with Crippen molar-refractivity contribution in [3.8, 4) is 5.75 Å². The molecule has 1 aliphatic heterocycles. The number of amides is 2. The Labute approximate surface area is 134 Å². The van der Waals surface area contributed by atoms with Crippen molar-refractivity contribution in [3.05, 3.63) is 41.1 Å². The third-order valence-corrected chi connectivity index (χ3v) is 3.42. The second-order valence-electron chi connectivity index (χ2n) is 4.50. The van der Waals surface area contributed by atoms with Gasteiger partial charge >= 0.3 is 0 Å². The lowest BCUT2D eigenvalue weighted by atomic mass is 10.3. The zero-order chi connectivity index (χ0) is 15.5. The van der Waals surface area contributed by atoms with Crippen molar-refractivity contribution in [2.45, 2.75) is 0 Å². The maximum Gasteiger partial charge on any atom is 0.266 e. The molecule has 112 valence electrons. The lowest BCUT2D eigenvalue weighted by Gasteiger charge is -2.27. The average molecular weight is 363 g/mol. The molecule has 0 bridgehead atoms. The zero-order valence-corrected chi connectivity index (χ0v) is 12.9. The first-order valence-electron chi connectivity index (χ1n) is 6.43. The van der Waals surface area contributed by atoms with Crippen molar-refractivity contribution in [2.75, 3.05) is 23.4 Å². The fraction of sp³-hybridized carbons (Fsp3) is 0.143. The minimum Gasteiger partial charge on any atom is -0.480 e. The number of nitrogens with zero attached hydrogens (tertiary/aromatic N) is 3. The van der Waals surface area contributed by atoms with Gasteiger partial charge in [0.1, 0.15) is 12.4 Å². The van der Waals surface area contributed by atoms with Gasteiger partial charge in [0.2, 0.25) is 5.91 Å². The summed E-state index contributed by atoms with van der Waals surface area (Å²) >= 11 is 3.27. The van der Waals surface area contributed by atoms with Gasteiger partial charge in [-0.05, 0) is 40.2 Å². The zero-order valence-electron chi connectivity index (χ0n) is 11.3. The van der Waals surface area contributed by atoms with Gasteiger partial charge in [-0.15, -0.1) is 0 Å². The summed E-state index contributed by atoms with van der Waals surface area (Å²) in [6.07, 6.45) is 3.12. The van der Waals surface area contributed by atoms with Crippen LogP contribution in [0.1, 0.15) is 0 Å². The summed E-state index contributed by atoms with van der Waals surface area (Å²) in [7, 11) is 0. The number of hydrogen-bond donors (Lipinski definition) is 1. The van der Waals surface area contributed by atoms with Crippen molar-refractivity contribution >= 4 is 39.4 Å². The van der Waals surface area contributed by atoms with Crippen molar-refractivity contribution in [3.63, 3.8) is 0 Å². The van der Waals surface area contributed by atoms with Crippen molar-refractivity contribution in [1.82, 2.24) is 9.97 Å². The van der Waals surface area contributed by atoms with Gasteiger partial charge in [0.05, 0.1) is 0 Å². The Balaban J connectivity index is 1.73. The normalized spacial score (nSPS) is 13.3. The van der Waals surface area contributed by atoms with Crippen molar-refractivity contribution < 1.29 is 14.3 Å². The van der Waals surface area contributed by atoms with Crippen LogP contribution < -0.4 is 15.0 Å². The molecular formula is C14H11BrN4O3. The number of ether oxygens (including phenoxy) is 1. The molecule has 2 amide bonds. The number of anilines is 2. The Bertz CT molecular complexity index is 720. The summed E-state index contributed by atoms with van der Waals surface area (Å²) in [4.78, 5) is 33.5. The minimum atomic E-state index is -0.360. The first-order chi connectivity index (χ1) is 10.6. The molecule has 0 atom stereocenters. The number of fused-ring (bicyclic) bond motifs is 1. The molecule has 7 nitrogen and oxygen atoms in total. The monoisotopic (exact) mass is 362 g/mol. The van der Waals surface area contributed by atoms with Gasteiger partial charge in [-0.1, -0.05) is 0 Å². The van der Waals surface area contributed by atoms with Crippen molar-refractivity contribution in [1.29, 1.82) is 0 Å². The fourth-order valence-corrected chi connectivity index (χ4v) is 2.21. The molecule has 3 rings (SSSR count). The number of pyridine rings is 2. The molecule has 3 heterocycles. The third kappa shape index (κ3) is 3.06. The smallest absolute Gasteiger partial charge is 0.266 e. The molecule has 1 aliphatic rings. The molecule has 0 saturated heterocycles. The summed E-state index contributed by atoms with van der Waals surface area (Å²) in [5.74, 6) is 0.566. The maximum absolute atomic E-state index is 12.1. The van der Waals surface area contributed by atoms with E-state index in [9.17, 15) is 9.59 Å². The minimum absolute atomic E-state index is 0.109. The van der Waals surface area contributed by atoms with E-state index in [0.29, 0.717) is 17.4 Å². The molecule has 0 spiro atoms. The van der Waals surface area contributed by atoms with E-state index < -0.39 is 0 Å². The molecule has 0 fully saturated rings.